The van der Waals surface area contributed by atoms with Crippen molar-refractivity contribution in [3.63, 3.8) is 0 Å². The molecule has 1 atom stereocenters. The molecule has 0 radical (unpaired) electrons. The number of benzene rings is 1. The molecule has 1 aromatic carbocycles. The Morgan fingerprint density at radius 1 is 1.29 bits per heavy atom. The molecule has 1 amide bonds. The van der Waals surface area contributed by atoms with Crippen LogP contribution < -0.4 is 4.90 Å². The summed E-state index contributed by atoms with van der Waals surface area (Å²) in [5.41, 5.74) is 2.31. The summed E-state index contributed by atoms with van der Waals surface area (Å²) in [6, 6.07) is 8.02. The summed E-state index contributed by atoms with van der Waals surface area (Å²) in [7, 11) is 1.81. The third-order valence-electron chi connectivity index (χ3n) is 4.30. The molecule has 0 N–H and O–H groups in total. The van der Waals surface area contributed by atoms with Gasteiger partial charge in [0.2, 0.25) is 5.91 Å². The standard InChI is InChI=1S/C17H23N5O2/c1-14(22-13-18-12-19-22)17(23)20(2)11-15-3-5-16(6-4-15)21-7-9-24-10-8-21/h3-6,12-14H,7-11H2,1-2H3/t14-/m0/s1. The molecule has 0 saturated carbocycles. The summed E-state index contributed by atoms with van der Waals surface area (Å²) >= 11 is 0. The molecular formula is C17H23N5O2. The molecule has 1 aromatic heterocycles. The lowest BCUT2D eigenvalue weighted by atomic mass is 10.1. The monoisotopic (exact) mass is 329 g/mol. The molecular weight excluding hydrogens is 306 g/mol. The van der Waals surface area contributed by atoms with E-state index in [4.69, 9.17) is 4.74 Å². The first-order valence-corrected chi connectivity index (χ1v) is 8.16. The molecule has 1 saturated heterocycles. The van der Waals surface area contributed by atoms with Gasteiger partial charge in [0.25, 0.3) is 0 Å². The van der Waals surface area contributed by atoms with E-state index in [-0.39, 0.29) is 11.9 Å². The zero-order chi connectivity index (χ0) is 16.9. The van der Waals surface area contributed by atoms with E-state index in [0.717, 1.165) is 31.9 Å². The lowest BCUT2D eigenvalue weighted by Crippen LogP contribution is -2.36. The van der Waals surface area contributed by atoms with Gasteiger partial charge >= 0.3 is 0 Å². The molecule has 0 aliphatic carbocycles. The van der Waals surface area contributed by atoms with Crippen molar-refractivity contribution in [3.05, 3.63) is 42.5 Å². The van der Waals surface area contributed by atoms with Crippen molar-refractivity contribution < 1.29 is 9.53 Å². The number of rotatable bonds is 5. The maximum atomic E-state index is 12.5. The van der Waals surface area contributed by atoms with Gasteiger partial charge in [0, 0.05) is 32.4 Å². The molecule has 1 aliphatic rings. The molecule has 0 bridgehead atoms. The van der Waals surface area contributed by atoms with Crippen LogP contribution in [0.2, 0.25) is 0 Å². The Labute approximate surface area is 141 Å². The van der Waals surface area contributed by atoms with E-state index in [1.807, 2.05) is 14.0 Å². The van der Waals surface area contributed by atoms with Crippen molar-refractivity contribution in [3.8, 4) is 0 Å². The highest BCUT2D eigenvalue weighted by atomic mass is 16.5. The third-order valence-corrected chi connectivity index (χ3v) is 4.30. The highest BCUT2D eigenvalue weighted by Crippen LogP contribution is 2.18. The second-order valence-electron chi connectivity index (χ2n) is 6.01. The second-order valence-corrected chi connectivity index (χ2v) is 6.01. The average molecular weight is 329 g/mol. The topological polar surface area (TPSA) is 63.5 Å². The van der Waals surface area contributed by atoms with Crippen LogP contribution in [0.4, 0.5) is 5.69 Å². The molecule has 7 heteroatoms. The minimum Gasteiger partial charge on any atom is -0.378 e. The van der Waals surface area contributed by atoms with Crippen LogP contribution in [0, 0.1) is 0 Å². The van der Waals surface area contributed by atoms with Gasteiger partial charge in [-0.25, -0.2) is 9.67 Å². The van der Waals surface area contributed by atoms with E-state index in [0.29, 0.717) is 6.54 Å². The first-order valence-electron chi connectivity index (χ1n) is 8.16. The number of carbonyl (C=O) groups is 1. The van der Waals surface area contributed by atoms with Crippen LogP contribution in [0.25, 0.3) is 0 Å². The second kappa shape index (κ2) is 7.44. The van der Waals surface area contributed by atoms with Crippen LogP contribution in [-0.2, 0) is 16.1 Å². The predicted octanol–water partition coefficient (Wildman–Crippen LogP) is 1.33. The molecule has 2 heterocycles. The van der Waals surface area contributed by atoms with Crippen LogP contribution in [0.15, 0.2) is 36.9 Å². The molecule has 0 spiro atoms. The molecule has 1 fully saturated rings. The molecule has 2 aromatic rings. The number of nitrogens with zero attached hydrogens (tertiary/aromatic N) is 5. The van der Waals surface area contributed by atoms with Gasteiger partial charge in [0.05, 0.1) is 13.2 Å². The van der Waals surface area contributed by atoms with Gasteiger partial charge in [-0.15, -0.1) is 0 Å². The number of hydrogen-bond donors (Lipinski definition) is 0. The lowest BCUT2D eigenvalue weighted by molar-refractivity contribution is -0.133. The van der Waals surface area contributed by atoms with Crippen LogP contribution in [-0.4, -0.2) is 58.9 Å². The first kappa shape index (κ1) is 16.4. The van der Waals surface area contributed by atoms with Gasteiger partial charge in [-0.1, -0.05) is 12.1 Å². The predicted molar refractivity (Wildman–Crippen MR) is 90.7 cm³/mol. The largest absolute Gasteiger partial charge is 0.378 e. The average Bonchev–Trinajstić information content (AvgIpc) is 3.16. The van der Waals surface area contributed by atoms with Crippen LogP contribution in [0.1, 0.15) is 18.5 Å². The summed E-state index contributed by atoms with van der Waals surface area (Å²) < 4.78 is 6.95. The molecule has 7 nitrogen and oxygen atoms in total. The SMILES string of the molecule is C[C@@H](C(=O)N(C)Cc1ccc(N2CCOCC2)cc1)n1cncn1. The Bertz CT molecular complexity index is 650. The number of ether oxygens (including phenoxy) is 1. The summed E-state index contributed by atoms with van der Waals surface area (Å²) in [5.74, 6) is 0.0118. The number of likely N-dealkylation sites (N-methyl/N-ethyl adjacent to an activating group) is 1. The highest BCUT2D eigenvalue weighted by Gasteiger charge is 2.20. The highest BCUT2D eigenvalue weighted by molar-refractivity contribution is 5.79. The van der Waals surface area contributed by atoms with Crippen LogP contribution in [0.3, 0.4) is 0 Å². The molecule has 128 valence electrons. The Balaban J connectivity index is 1.59. The van der Waals surface area contributed by atoms with Crippen molar-refractivity contribution in [1.29, 1.82) is 0 Å². The Hall–Kier alpha value is -2.41. The zero-order valence-corrected chi connectivity index (χ0v) is 14.1. The smallest absolute Gasteiger partial charge is 0.247 e. The number of aromatic nitrogens is 3. The Morgan fingerprint density at radius 3 is 2.62 bits per heavy atom. The van der Waals surface area contributed by atoms with E-state index in [9.17, 15) is 4.79 Å². The zero-order valence-electron chi connectivity index (χ0n) is 14.1. The Morgan fingerprint density at radius 2 is 2.00 bits per heavy atom. The van der Waals surface area contributed by atoms with Crippen molar-refractivity contribution >= 4 is 11.6 Å². The van der Waals surface area contributed by atoms with E-state index >= 15 is 0 Å². The first-order chi connectivity index (χ1) is 11.6. The number of hydrogen-bond acceptors (Lipinski definition) is 5. The van der Waals surface area contributed by atoms with Gasteiger partial charge in [0.15, 0.2) is 0 Å². The Kier molecular flexibility index (Phi) is 5.10. The van der Waals surface area contributed by atoms with E-state index in [2.05, 4.69) is 39.2 Å². The normalized spacial score (nSPS) is 16.0. The number of anilines is 1. The summed E-state index contributed by atoms with van der Waals surface area (Å²) in [4.78, 5) is 20.4. The lowest BCUT2D eigenvalue weighted by Gasteiger charge is -2.29. The van der Waals surface area contributed by atoms with Crippen molar-refractivity contribution in [1.82, 2.24) is 19.7 Å². The van der Waals surface area contributed by atoms with E-state index in [1.165, 1.54) is 12.0 Å². The van der Waals surface area contributed by atoms with Gasteiger partial charge < -0.3 is 14.5 Å². The fraction of sp³-hybridized carbons (Fsp3) is 0.471. The fourth-order valence-electron chi connectivity index (χ4n) is 2.83. The summed E-state index contributed by atoms with van der Waals surface area (Å²) in [6.07, 6.45) is 3.00. The fourth-order valence-corrected chi connectivity index (χ4v) is 2.83. The number of carbonyl (C=O) groups excluding carboxylic acids is 1. The molecule has 3 rings (SSSR count). The minimum absolute atomic E-state index is 0.0118. The number of amides is 1. The van der Waals surface area contributed by atoms with Gasteiger partial charge in [0.1, 0.15) is 18.7 Å². The maximum absolute atomic E-state index is 12.5. The van der Waals surface area contributed by atoms with Gasteiger partial charge in [-0.3, -0.25) is 4.79 Å². The number of morpholine rings is 1. The van der Waals surface area contributed by atoms with Crippen molar-refractivity contribution in [2.75, 3.05) is 38.3 Å². The molecule has 24 heavy (non-hydrogen) atoms. The maximum Gasteiger partial charge on any atom is 0.247 e. The quantitative estimate of drug-likeness (QED) is 0.828. The summed E-state index contributed by atoms with van der Waals surface area (Å²) in [6.45, 7) is 5.80. The van der Waals surface area contributed by atoms with E-state index < -0.39 is 0 Å². The van der Waals surface area contributed by atoms with E-state index in [1.54, 1.807) is 15.9 Å². The van der Waals surface area contributed by atoms with Gasteiger partial charge in [-0.2, -0.15) is 5.10 Å². The third kappa shape index (κ3) is 3.73. The molecule has 1 aliphatic heterocycles. The van der Waals surface area contributed by atoms with Crippen molar-refractivity contribution in [2.24, 2.45) is 0 Å². The van der Waals surface area contributed by atoms with Gasteiger partial charge in [-0.05, 0) is 24.6 Å². The minimum atomic E-state index is -0.356. The summed E-state index contributed by atoms with van der Waals surface area (Å²) in [5, 5.41) is 4.03. The van der Waals surface area contributed by atoms with Crippen molar-refractivity contribution in [2.45, 2.75) is 19.5 Å². The van der Waals surface area contributed by atoms with Crippen LogP contribution >= 0.6 is 0 Å². The van der Waals surface area contributed by atoms with Crippen LogP contribution in [0.5, 0.6) is 0 Å². The molecule has 0 unspecified atom stereocenters.